The van der Waals surface area contributed by atoms with Crippen molar-refractivity contribution in [2.75, 3.05) is 5.32 Å². The van der Waals surface area contributed by atoms with Gasteiger partial charge in [-0.05, 0) is 36.4 Å². The Kier molecular flexibility index (Phi) is 3.91. The van der Waals surface area contributed by atoms with Gasteiger partial charge in [-0.15, -0.1) is 5.10 Å². The Morgan fingerprint density at radius 2 is 1.88 bits per heavy atom. The molecule has 0 bridgehead atoms. The Morgan fingerprint density at radius 1 is 1.08 bits per heavy atom. The molecule has 0 saturated heterocycles. The van der Waals surface area contributed by atoms with Crippen LogP contribution in [0.5, 0.6) is 0 Å². The van der Waals surface area contributed by atoms with Gasteiger partial charge in [0.25, 0.3) is 0 Å². The molecule has 2 heterocycles. The SMILES string of the molecule is N#Cc1ccc(Nc2cnc3sc(Sc4ccccc4)nn23)cc1. The van der Waals surface area contributed by atoms with E-state index in [1.165, 1.54) is 0 Å². The predicted octanol–water partition coefficient (Wildman–Crippen LogP) is 4.56. The van der Waals surface area contributed by atoms with Crippen LogP contribution in [0.25, 0.3) is 4.96 Å². The van der Waals surface area contributed by atoms with Gasteiger partial charge in [0.15, 0.2) is 10.2 Å². The van der Waals surface area contributed by atoms with E-state index in [2.05, 4.69) is 33.6 Å². The van der Waals surface area contributed by atoms with E-state index in [-0.39, 0.29) is 0 Å². The monoisotopic (exact) mass is 349 g/mol. The van der Waals surface area contributed by atoms with Crippen molar-refractivity contribution in [3.05, 3.63) is 66.4 Å². The van der Waals surface area contributed by atoms with Crippen LogP contribution in [0.4, 0.5) is 11.5 Å². The van der Waals surface area contributed by atoms with Crippen molar-refractivity contribution in [2.45, 2.75) is 9.24 Å². The fourth-order valence-corrected chi connectivity index (χ4v) is 4.07. The summed E-state index contributed by atoms with van der Waals surface area (Å²) in [6, 6.07) is 19.5. The van der Waals surface area contributed by atoms with E-state index in [1.54, 1.807) is 45.9 Å². The molecular weight excluding hydrogens is 338 g/mol. The second-order valence-electron chi connectivity index (χ2n) is 4.94. The van der Waals surface area contributed by atoms with Crippen molar-refractivity contribution in [1.29, 1.82) is 5.26 Å². The molecule has 4 rings (SSSR count). The number of benzene rings is 2. The lowest BCUT2D eigenvalue weighted by Gasteiger charge is -2.03. The molecule has 0 aliphatic heterocycles. The van der Waals surface area contributed by atoms with Gasteiger partial charge < -0.3 is 5.32 Å². The maximum atomic E-state index is 8.85. The van der Waals surface area contributed by atoms with Crippen LogP contribution < -0.4 is 5.32 Å². The second kappa shape index (κ2) is 6.35. The summed E-state index contributed by atoms with van der Waals surface area (Å²) >= 11 is 3.17. The molecular formula is C17H11N5S2. The minimum Gasteiger partial charge on any atom is -0.339 e. The minimum atomic E-state index is 0.634. The normalized spacial score (nSPS) is 10.6. The Bertz CT molecular complexity index is 1010. The van der Waals surface area contributed by atoms with Crippen molar-refractivity contribution in [2.24, 2.45) is 0 Å². The molecule has 2 aromatic carbocycles. The van der Waals surface area contributed by atoms with Crippen molar-refractivity contribution >= 4 is 39.6 Å². The Hall–Kier alpha value is -2.82. The van der Waals surface area contributed by atoms with E-state index < -0.39 is 0 Å². The van der Waals surface area contributed by atoms with Gasteiger partial charge in [0, 0.05) is 10.6 Å². The lowest BCUT2D eigenvalue weighted by atomic mass is 10.2. The van der Waals surface area contributed by atoms with Crippen LogP contribution in [0, 0.1) is 11.3 Å². The summed E-state index contributed by atoms with van der Waals surface area (Å²) in [5.74, 6) is 0.797. The molecule has 0 unspecified atom stereocenters. The molecule has 0 atom stereocenters. The first-order valence-electron chi connectivity index (χ1n) is 7.16. The number of hydrogen-bond acceptors (Lipinski definition) is 6. The van der Waals surface area contributed by atoms with Gasteiger partial charge >= 0.3 is 0 Å². The first kappa shape index (κ1) is 14.8. The van der Waals surface area contributed by atoms with Crippen molar-refractivity contribution in [3.8, 4) is 6.07 Å². The first-order valence-corrected chi connectivity index (χ1v) is 8.80. The number of fused-ring (bicyclic) bond motifs is 1. The van der Waals surface area contributed by atoms with Crippen LogP contribution >= 0.6 is 23.1 Å². The summed E-state index contributed by atoms with van der Waals surface area (Å²) in [6.45, 7) is 0. The lowest BCUT2D eigenvalue weighted by Crippen LogP contribution is -1.95. The number of imidazole rings is 1. The van der Waals surface area contributed by atoms with Gasteiger partial charge in [0.1, 0.15) is 0 Å². The number of nitrogens with one attached hydrogen (secondary N) is 1. The summed E-state index contributed by atoms with van der Waals surface area (Å²) in [5.41, 5.74) is 1.52. The lowest BCUT2D eigenvalue weighted by molar-refractivity contribution is 0.921. The molecule has 0 saturated carbocycles. The standard InChI is InChI=1S/C17H11N5S2/c18-10-12-6-8-13(9-7-12)20-15-11-19-16-22(15)21-17(24-16)23-14-4-2-1-3-5-14/h1-9,11,20H. The molecule has 0 radical (unpaired) electrons. The molecule has 0 aliphatic rings. The third kappa shape index (κ3) is 2.97. The Morgan fingerprint density at radius 3 is 2.62 bits per heavy atom. The summed E-state index contributed by atoms with van der Waals surface area (Å²) in [6.07, 6.45) is 1.76. The molecule has 0 spiro atoms. The van der Waals surface area contributed by atoms with Gasteiger partial charge in [-0.1, -0.05) is 41.3 Å². The van der Waals surface area contributed by atoms with Crippen molar-refractivity contribution < 1.29 is 0 Å². The number of nitrogens with zero attached hydrogens (tertiary/aromatic N) is 4. The highest BCUT2D eigenvalue weighted by Crippen LogP contribution is 2.32. The van der Waals surface area contributed by atoms with E-state index in [0.29, 0.717) is 5.56 Å². The Balaban J connectivity index is 1.59. The van der Waals surface area contributed by atoms with Gasteiger partial charge in [0.2, 0.25) is 4.96 Å². The number of aromatic nitrogens is 3. The van der Waals surface area contributed by atoms with E-state index in [0.717, 1.165) is 25.7 Å². The third-order valence-corrected chi connectivity index (χ3v) is 5.28. The summed E-state index contributed by atoms with van der Waals surface area (Å²) in [7, 11) is 0. The number of rotatable bonds is 4. The van der Waals surface area contributed by atoms with Gasteiger partial charge in [-0.2, -0.15) is 9.78 Å². The zero-order chi connectivity index (χ0) is 16.4. The molecule has 116 valence electrons. The molecule has 0 aliphatic carbocycles. The summed E-state index contributed by atoms with van der Waals surface area (Å²) < 4.78 is 2.74. The topological polar surface area (TPSA) is 66.0 Å². The average Bonchev–Trinajstić information content (AvgIpc) is 3.18. The van der Waals surface area contributed by atoms with Crippen molar-refractivity contribution in [1.82, 2.24) is 14.6 Å². The first-order chi connectivity index (χ1) is 11.8. The van der Waals surface area contributed by atoms with Crippen LogP contribution in [0.3, 0.4) is 0 Å². The molecule has 1 N–H and O–H groups in total. The van der Waals surface area contributed by atoms with Gasteiger partial charge in [0.05, 0.1) is 17.8 Å². The van der Waals surface area contributed by atoms with E-state index in [9.17, 15) is 0 Å². The highest BCUT2D eigenvalue weighted by atomic mass is 32.2. The van der Waals surface area contributed by atoms with Gasteiger partial charge in [-0.25, -0.2) is 4.98 Å². The highest BCUT2D eigenvalue weighted by molar-refractivity contribution is 8.01. The molecule has 4 aromatic rings. The fourth-order valence-electron chi connectivity index (χ4n) is 2.17. The zero-order valence-corrected chi connectivity index (χ0v) is 14.0. The van der Waals surface area contributed by atoms with Crippen LogP contribution in [0.15, 0.2) is 70.0 Å². The molecule has 5 nitrogen and oxygen atoms in total. The quantitative estimate of drug-likeness (QED) is 0.585. The Labute approximate surface area is 146 Å². The molecule has 24 heavy (non-hydrogen) atoms. The van der Waals surface area contributed by atoms with Gasteiger partial charge in [-0.3, -0.25) is 0 Å². The number of anilines is 2. The van der Waals surface area contributed by atoms with Crippen LogP contribution in [-0.4, -0.2) is 14.6 Å². The third-order valence-electron chi connectivity index (χ3n) is 3.30. The van der Waals surface area contributed by atoms with Crippen LogP contribution in [0.2, 0.25) is 0 Å². The molecule has 2 aromatic heterocycles. The van der Waals surface area contributed by atoms with E-state index in [1.807, 2.05) is 30.3 Å². The number of nitriles is 1. The fraction of sp³-hybridized carbons (Fsp3) is 0. The van der Waals surface area contributed by atoms with Crippen LogP contribution in [-0.2, 0) is 0 Å². The number of hydrogen-bond donors (Lipinski definition) is 1. The van der Waals surface area contributed by atoms with E-state index >= 15 is 0 Å². The van der Waals surface area contributed by atoms with Crippen molar-refractivity contribution in [3.63, 3.8) is 0 Å². The predicted molar refractivity (Wildman–Crippen MR) is 95.9 cm³/mol. The summed E-state index contributed by atoms with van der Waals surface area (Å²) in [4.78, 5) is 6.39. The van der Waals surface area contributed by atoms with E-state index in [4.69, 9.17) is 5.26 Å². The highest BCUT2D eigenvalue weighted by Gasteiger charge is 2.11. The zero-order valence-electron chi connectivity index (χ0n) is 12.4. The minimum absolute atomic E-state index is 0.634. The maximum Gasteiger partial charge on any atom is 0.214 e. The largest absolute Gasteiger partial charge is 0.339 e. The second-order valence-corrected chi connectivity index (χ2v) is 7.21. The summed E-state index contributed by atoms with van der Waals surface area (Å²) in [5, 5.41) is 16.8. The van der Waals surface area contributed by atoms with Crippen LogP contribution in [0.1, 0.15) is 5.56 Å². The molecule has 0 amide bonds. The maximum absolute atomic E-state index is 8.85. The average molecular weight is 349 g/mol. The molecule has 0 fully saturated rings. The smallest absolute Gasteiger partial charge is 0.214 e. The molecule has 7 heteroatoms.